The second-order valence-corrected chi connectivity index (χ2v) is 14.7. The monoisotopic (exact) mass is 656 g/mol. The molecule has 0 saturated heterocycles. The summed E-state index contributed by atoms with van der Waals surface area (Å²) in [5, 5.41) is 8.94. The summed E-state index contributed by atoms with van der Waals surface area (Å²) in [6.45, 7) is 4.70. The van der Waals surface area contributed by atoms with Gasteiger partial charge in [0.25, 0.3) is 20.2 Å². The first-order valence-electron chi connectivity index (χ1n) is 15.0. The molecule has 2 unspecified atom stereocenters. The minimum atomic E-state index is -4.36. The van der Waals surface area contributed by atoms with Gasteiger partial charge in [0.05, 0.1) is 22.0 Å². The van der Waals surface area contributed by atoms with Crippen LogP contribution in [0.25, 0.3) is 0 Å². The zero-order valence-electron chi connectivity index (χ0n) is 25.5. The second-order valence-electron chi connectivity index (χ2n) is 11.7. The van der Waals surface area contributed by atoms with Gasteiger partial charge in [0.1, 0.15) is 0 Å². The standard InChI is InChI=1S/C33H40N2O8S2/c1-24-26-23-25(45(41,42)43)18-19-30(26)35(21-11-4-7-17-32(36)37)29(24)15-5-3-6-16-31-33(2,20-10-12-22-44(38,39)40)27-13-8-9-14-28(27)34-31/h3,5-6,8-9,13-16,18-19,23-24H,4,7,10-12,17,20-22H2,1-2H3,(H,36,37)(H,38,39,40)(H,41,42,43)/b5-3+,16-6+,29-15+. The van der Waals surface area contributed by atoms with Crippen LogP contribution in [0.1, 0.15) is 75.8 Å². The highest BCUT2D eigenvalue weighted by Crippen LogP contribution is 2.45. The molecule has 2 aromatic rings. The van der Waals surface area contributed by atoms with Gasteiger partial charge in [-0.25, -0.2) is 0 Å². The SMILES string of the molecule is CC1\C(=C/C=C/C=C/C2=Nc3ccccc3C2(C)CCCCS(=O)(=O)O)N(CCCCCC(=O)O)c2ccc(S(=O)(=O)O)cc21. The van der Waals surface area contributed by atoms with E-state index in [9.17, 15) is 26.2 Å². The average Bonchev–Trinajstić information content (AvgIpc) is 3.39. The van der Waals surface area contributed by atoms with Gasteiger partial charge in [-0.3, -0.25) is 18.9 Å². The van der Waals surface area contributed by atoms with Gasteiger partial charge in [-0.1, -0.05) is 56.2 Å². The number of carboxylic acid groups (broad SMARTS) is 1. The second kappa shape index (κ2) is 14.2. The molecular weight excluding hydrogens is 617 g/mol. The molecule has 2 aliphatic heterocycles. The fraction of sp³-hybridized carbons (Fsp3) is 0.394. The van der Waals surface area contributed by atoms with Crippen molar-refractivity contribution >= 4 is 43.3 Å². The van der Waals surface area contributed by atoms with Crippen LogP contribution in [-0.4, -0.2) is 55.0 Å². The third-order valence-corrected chi connectivity index (χ3v) is 10.1. The fourth-order valence-corrected chi connectivity index (χ4v) is 7.15. The Balaban J connectivity index is 1.52. The van der Waals surface area contributed by atoms with Gasteiger partial charge < -0.3 is 10.0 Å². The molecule has 2 aromatic carbocycles. The quantitative estimate of drug-likeness (QED) is 0.109. The number of carbonyl (C=O) groups is 1. The van der Waals surface area contributed by atoms with Gasteiger partial charge in [0.2, 0.25) is 0 Å². The Kier molecular flexibility index (Phi) is 10.9. The Morgan fingerprint density at radius 1 is 0.978 bits per heavy atom. The van der Waals surface area contributed by atoms with E-state index in [0.29, 0.717) is 32.2 Å². The van der Waals surface area contributed by atoms with E-state index >= 15 is 0 Å². The minimum absolute atomic E-state index is 0.114. The average molecular weight is 657 g/mol. The number of allylic oxidation sites excluding steroid dienone is 6. The van der Waals surface area contributed by atoms with Gasteiger partial charge in [0.15, 0.2) is 0 Å². The van der Waals surface area contributed by atoms with Crippen molar-refractivity contribution in [3.8, 4) is 0 Å². The van der Waals surface area contributed by atoms with Crippen LogP contribution in [0.15, 0.2) is 88.4 Å². The van der Waals surface area contributed by atoms with Crippen molar-refractivity contribution in [1.82, 2.24) is 0 Å². The third kappa shape index (κ3) is 8.57. The Labute approximate surface area is 265 Å². The summed E-state index contributed by atoms with van der Waals surface area (Å²) < 4.78 is 64.7. The Morgan fingerprint density at radius 2 is 1.73 bits per heavy atom. The van der Waals surface area contributed by atoms with Crippen molar-refractivity contribution in [2.75, 3.05) is 17.2 Å². The number of hydrogen-bond donors (Lipinski definition) is 3. The van der Waals surface area contributed by atoms with Crippen LogP contribution < -0.4 is 4.90 Å². The molecule has 10 nitrogen and oxygen atoms in total. The molecule has 0 radical (unpaired) electrons. The van der Waals surface area contributed by atoms with Crippen LogP contribution in [0, 0.1) is 0 Å². The number of para-hydroxylation sites is 1. The molecule has 0 spiro atoms. The number of anilines is 1. The molecule has 0 bridgehead atoms. The van der Waals surface area contributed by atoms with Gasteiger partial charge in [-0.2, -0.15) is 16.8 Å². The van der Waals surface area contributed by atoms with E-state index in [0.717, 1.165) is 46.8 Å². The zero-order valence-corrected chi connectivity index (χ0v) is 27.1. The van der Waals surface area contributed by atoms with Crippen molar-refractivity contribution in [3.05, 3.63) is 89.7 Å². The Bertz CT molecular complexity index is 1760. The van der Waals surface area contributed by atoms with E-state index < -0.39 is 31.6 Å². The van der Waals surface area contributed by atoms with E-state index in [1.807, 2.05) is 61.6 Å². The van der Waals surface area contributed by atoms with Crippen LogP contribution in [0.3, 0.4) is 0 Å². The minimum Gasteiger partial charge on any atom is -0.481 e. The number of aliphatic imine (C=N–C) groups is 1. The molecule has 2 aliphatic rings. The highest BCUT2D eigenvalue weighted by molar-refractivity contribution is 7.86. The molecule has 4 rings (SSSR count). The maximum absolute atomic E-state index is 11.8. The van der Waals surface area contributed by atoms with Crippen LogP contribution in [-0.2, 0) is 30.4 Å². The smallest absolute Gasteiger partial charge is 0.303 e. The number of carboxylic acids is 1. The molecule has 242 valence electrons. The molecular formula is C33H40N2O8S2. The summed E-state index contributed by atoms with van der Waals surface area (Å²) in [7, 11) is -8.37. The summed E-state index contributed by atoms with van der Waals surface area (Å²) in [5.74, 6) is -1.24. The number of unbranched alkanes of at least 4 members (excludes halogenated alkanes) is 3. The van der Waals surface area contributed by atoms with Gasteiger partial charge in [0, 0.05) is 35.7 Å². The van der Waals surface area contributed by atoms with Crippen molar-refractivity contribution in [1.29, 1.82) is 0 Å². The number of nitrogens with zero attached hydrogens (tertiary/aromatic N) is 2. The van der Waals surface area contributed by atoms with Crippen LogP contribution in [0.4, 0.5) is 11.4 Å². The molecule has 0 saturated carbocycles. The predicted molar refractivity (Wildman–Crippen MR) is 176 cm³/mol. The maximum atomic E-state index is 11.8. The van der Waals surface area contributed by atoms with Crippen molar-refractivity contribution in [2.45, 2.75) is 75.0 Å². The highest BCUT2D eigenvalue weighted by Gasteiger charge is 2.37. The summed E-state index contributed by atoms with van der Waals surface area (Å²) >= 11 is 0. The molecule has 45 heavy (non-hydrogen) atoms. The largest absolute Gasteiger partial charge is 0.481 e. The van der Waals surface area contributed by atoms with Crippen molar-refractivity contribution in [2.24, 2.45) is 4.99 Å². The third-order valence-electron chi connectivity index (χ3n) is 8.46. The number of rotatable bonds is 15. The van der Waals surface area contributed by atoms with Gasteiger partial charge >= 0.3 is 5.97 Å². The molecule has 3 N–H and O–H groups in total. The summed E-state index contributed by atoms with van der Waals surface area (Å²) in [4.78, 5) is 17.7. The molecule has 0 fully saturated rings. The summed E-state index contributed by atoms with van der Waals surface area (Å²) in [6.07, 6.45) is 13.4. The first-order valence-corrected chi connectivity index (χ1v) is 18.1. The topological polar surface area (TPSA) is 162 Å². The number of benzene rings is 2. The summed E-state index contributed by atoms with van der Waals surface area (Å²) in [5.41, 5.74) is 4.98. The van der Waals surface area contributed by atoms with E-state index in [4.69, 9.17) is 14.7 Å². The molecule has 0 aromatic heterocycles. The molecule has 0 amide bonds. The Hall–Kier alpha value is -3.58. The first-order chi connectivity index (χ1) is 21.2. The normalized spacial score (nSPS) is 20.7. The number of hydrogen-bond acceptors (Lipinski definition) is 7. The summed E-state index contributed by atoms with van der Waals surface area (Å²) in [6, 6.07) is 12.5. The predicted octanol–water partition coefficient (Wildman–Crippen LogP) is 6.60. The van der Waals surface area contributed by atoms with Gasteiger partial charge in [-0.05, 0) is 80.2 Å². The first kappa shape index (κ1) is 34.3. The number of aliphatic carboxylic acids is 1. The van der Waals surface area contributed by atoms with Gasteiger partial charge in [-0.15, -0.1) is 0 Å². The van der Waals surface area contributed by atoms with Crippen LogP contribution in [0.5, 0.6) is 0 Å². The van der Waals surface area contributed by atoms with E-state index in [-0.39, 0.29) is 23.0 Å². The van der Waals surface area contributed by atoms with Crippen molar-refractivity contribution in [3.63, 3.8) is 0 Å². The number of fused-ring (bicyclic) bond motifs is 2. The molecule has 2 heterocycles. The lowest BCUT2D eigenvalue weighted by molar-refractivity contribution is -0.137. The lowest BCUT2D eigenvalue weighted by atomic mass is 9.75. The van der Waals surface area contributed by atoms with Crippen LogP contribution in [0.2, 0.25) is 0 Å². The molecule has 2 atom stereocenters. The van der Waals surface area contributed by atoms with E-state index in [1.54, 1.807) is 6.07 Å². The van der Waals surface area contributed by atoms with E-state index in [2.05, 4.69) is 11.8 Å². The fourth-order valence-electron chi connectivity index (χ4n) is 6.07. The van der Waals surface area contributed by atoms with Crippen molar-refractivity contribution < 1.29 is 35.8 Å². The lowest BCUT2D eigenvalue weighted by Crippen LogP contribution is -2.28. The molecule has 12 heteroatoms. The zero-order chi connectivity index (χ0) is 32.8. The highest BCUT2D eigenvalue weighted by atomic mass is 32.2. The van der Waals surface area contributed by atoms with E-state index in [1.165, 1.54) is 12.1 Å². The Morgan fingerprint density at radius 3 is 2.44 bits per heavy atom. The maximum Gasteiger partial charge on any atom is 0.303 e. The lowest BCUT2D eigenvalue weighted by Gasteiger charge is -2.26. The van der Waals surface area contributed by atoms with Crippen LogP contribution >= 0.6 is 0 Å². The molecule has 0 aliphatic carbocycles.